The van der Waals surface area contributed by atoms with Crippen LogP contribution in [0.1, 0.15) is 45.3 Å². The molecule has 0 aromatic heterocycles. The molecule has 1 aromatic rings. The molecule has 0 fully saturated rings. The fraction of sp³-hybridized carbons (Fsp3) is 0.625. The van der Waals surface area contributed by atoms with Gasteiger partial charge in [0.2, 0.25) is 0 Å². The summed E-state index contributed by atoms with van der Waals surface area (Å²) in [6.07, 6.45) is 1.63. The number of hydrogen-bond donors (Lipinski definition) is 1. The molecular formula is C16H26BrNO. The van der Waals surface area contributed by atoms with E-state index in [1.807, 2.05) is 24.3 Å². The van der Waals surface area contributed by atoms with Crippen LogP contribution in [0.2, 0.25) is 0 Å². The van der Waals surface area contributed by atoms with Crippen molar-refractivity contribution in [2.75, 3.05) is 19.6 Å². The summed E-state index contributed by atoms with van der Waals surface area (Å²) in [5.74, 6) is 0.725. The van der Waals surface area contributed by atoms with E-state index in [4.69, 9.17) is 0 Å². The van der Waals surface area contributed by atoms with Crippen LogP contribution in [0.4, 0.5) is 0 Å². The first kappa shape index (κ1) is 16.7. The second kappa shape index (κ2) is 8.72. The number of aliphatic hydroxyl groups excluding tert-OH is 1. The fourth-order valence-corrected chi connectivity index (χ4v) is 2.55. The first-order valence-corrected chi connectivity index (χ1v) is 8.02. The van der Waals surface area contributed by atoms with Crippen LogP contribution in [0.25, 0.3) is 0 Å². The molecule has 2 unspecified atom stereocenters. The van der Waals surface area contributed by atoms with Crippen LogP contribution in [0.15, 0.2) is 28.7 Å². The van der Waals surface area contributed by atoms with Gasteiger partial charge < -0.3 is 10.0 Å². The molecule has 0 saturated heterocycles. The van der Waals surface area contributed by atoms with Gasteiger partial charge in [0, 0.05) is 17.6 Å². The van der Waals surface area contributed by atoms with Crippen molar-refractivity contribution < 1.29 is 5.11 Å². The monoisotopic (exact) mass is 327 g/mol. The summed E-state index contributed by atoms with van der Waals surface area (Å²) in [4.78, 5) is 2.43. The average molecular weight is 328 g/mol. The lowest BCUT2D eigenvalue weighted by Crippen LogP contribution is -2.30. The van der Waals surface area contributed by atoms with Gasteiger partial charge in [-0.1, -0.05) is 55.3 Å². The number of aliphatic hydroxyl groups is 1. The number of halogens is 1. The van der Waals surface area contributed by atoms with Gasteiger partial charge in [-0.3, -0.25) is 0 Å². The highest BCUT2D eigenvalue weighted by atomic mass is 79.9. The molecule has 108 valence electrons. The van der Waals surface area contributed by atoms with E-state index in [1.165, 1.54) is 6.42 Å². The van der Waals surface area contributed by atoms with E-state index in [2.05, 4.69) is 41.6 Å². The molecule has 2 atom stereocenters. The molecule has 0 bridgehead atoms. The van der Waals surface area contributed by atoms with Gasteiger partial charge in [-0.25, -0.2) is 0 Å². The average Bonchev–Trinajstić information content (AvgIpc) is 2.42. The van der Waals surface area contributed by atoms with Gasteiger partial charge in [0.15, 0.2) is 0 Å². The lowest BCUT2D eigenvalue weighted by Gasteiger charge is -2.25. The van der Waals surface area contributed by atoms with Crippen molar-refractivity contribution in [1.29, 1.82) is 0 Å². The Morgan fingerprint density at radius 3 is 2.63 bits per heavy atom. The molecular weight excluding hydrogens is 302 g/mol. The predicted octanol–water partition coefficient (Wildman–Crippen LogP) is 4.24. The van der Waals surface area contributed by atoms with Crippen molar-refractivity contribution >= 4 is 15.9 Å². The molecule has 0 heterocycles. The predicted molar refractivity (Wildman–Crippen MR) is 85.3 cm³/mol. The molecule has 0 amide bonds. The summed E-state index contributed by atoms with van der Waals surface area (Å²) < 4.78 is 1.02. The Hall–Kier alpha value is -0.380. The van der Waals surface area contributed by atoms with Crippen molar-refractivity contribution in [1.82, 2.24) is 4.90 Å². The molecule has 0 spiro atoms. The van der Waals surface area contributed by atoms with E-state index in [1.54, 1.807) is 0 Å². The SMILES string of the molecule is CCC(C)CN(CC)CCC(O)c1cccc(Br)c1. The van der Waals surface area contributed by atoms with E-state index in [-0.39, 0.29) is 6.10 Å². The highest BCUT2D eigenvalue weighted by Gasteiger charge is 2.12. The summed E-state index contributed by atoms with van der Waals surface area (Å²) in [6.45, 7) is 9.83. The molecule has 0 radical (unpaired) electrons. The number of nitrogens with zero attached hydrogens (tertiary/aromatic N) is 1. The molecule has 1 rings (SSSR count). The summed E-state index contributed by atoms with van der Waals surface area (Å²) in [7, 11) is 0. The second-order valence-corrected chi connectivity index (χ2v) is 6.18. The van der Waals surface area contributed by atoms with Gasteiger partial charge >= 0.3 is 0 Å². The van der Waals surface area contributed by atoms with Crippen LogP contribution < -0.4 is 0 Å². The highest BCUT2D eigenvalue weighted by molar-refractivity contribution is 9.10. The van der Waals surface area contributed by atoms with Gasteiger partial charge in [0.25, 0.3) is 0 Å². The zero-order valence-electron chi connectivity index (χ0n) is 12.3. The lowest BCUT2D eigenvalue weighted by atomic mass is 10.1. The Balaban J connectivity index is 2.46. The van der Waals surface area contributed by atoms with Crippen LogP contribution in [0.5, 0.6) is 0 Å². The third-order valence-corrected chi connectivity index (χ3v) is 4.16. The molecule has 3 heteroatoms. The lowest BCUT2D eigenvalue weighted by molar-refractivity contribution is 0.138. The first-order valence-electron chi connectivity index (χ1n) is 7.22. The quantitative estimate of drug-likeness (QED) is 0.771. The van der Waals surface area contributed by atoms with Crippen molar-refractivity contribution in [3.05, 3.63) is 34.3 Å². The van der Waals surface area contributed by atoms with Crippen molar-refractivity contribution in [2.24, 2.45) is 5.92 Å². The Morgan fingerprint density at radius 2 is 2.05 bits per heavy atom. The van der Waals surface area contributed by atoms with Gasteiger partial charge in [0.1, 0.15) is 0 Å². The minimum absolute atomic E-state index is 0.372. The van der Waals surface area contributed by atoms with Crippen molar-refractivity contribution in [3.63, 3.8) is 0 Å². The van der Waals surface area contributed by atoms with E-state index in [0.29, 0.717) is 0 Å². The standard InChI is InChI=1S/C16H26BrNO/c1-4-13(3)12-18(5-2)10-9-16(19)14-7-6-8-15(17)11-14/h6-8,11,13,16,19H,4-5,9-10,12H2,1-3H3. The largest absolute Gasteiger partial charge is 0.388 e. The van der Waals surface area contributed by atoms with Crippen LogP contribution in [0, 0.1) is 5.92 Å². The second-order valence-electron chi connectivity index (χ2n) is 5.27. The maximum Gasteiger partial charge on any atom is 0.0802 e. The number of hydrogen-bond acceptors (Lipinski definition) is 2. The molecule has 19 heavy (non-hydrogen) atoms. The highest BCUT2D eigenvalue weighted by Crippen LogP contribution is 2.21. The molecule has 1 N–H and O–H groups in total. The van der Waals surface area contributed by atoms with Gasteiger partial charge in [-0.15, -0.1) is 0 Å². The Morgan fingerprint density at radius 1 is 1.32 bits per heavy atom. The van der Waals surface area contributed by atoms with Crippen LogP contribution in [0.3, 0.4) is 0 Å². The molecule has 0 aliphatic heterocycles. The minimum atomic E-state index is -0.372. The Kier molecular flexibility index (Phi) is 7.66. The maximum absolute atomic E-state index is 10.2. The van der Waals surface area contributed by atoms with E-state index < -0.39 is 0 Å². The van der Waals surface area contributed by atoms with Crippen LogP contribution in [-0.4, -0.2) is 29.6 Å². The van der Waals surface area contributed by atoms with Crippen LogP contribution >= 0.6 is 15.9 Å². The Bertz CT molecular complexity index is 370. The molecule has 0 saturated carbocycles. The van der Waals surface area contributed by atoms with E-state index in [9.17, 15) is 5.11 Å². The van der Waals surface area contributed by atoms with Crippen molar-refractivity contribution in [2.45, 2.75) is 39.7 Å². The minimum Gasteiger partial charge on any atom is -0.388 e. The smallest absolute Gasteiger partial charge is 0.0802 e. The first-order chi connectivity index (χ1) is 9.06. The van der Waals surface area contributed by atoms with Gasteiger partial charge in [-0.2, -0.15) is 0 Å². The normalized spacial score (nSPS) is 14.6. The van der Waals surface area contributed by atoms with Crippen LogP contribution in [-0.2, 0) is 0 Å². The molecule has 0 aliphatic rings. The summed E-state index contributed by atoms with van der Waals surface area (Å²) in [6, 6.07) is 7.94. The number of rotatable bonds is 8. The van der Waals surface area contributed by atoms with E-state index >= 15 is 0 Å². The fourth-order valence-electron chi connectivity index (χ4n) is 2.13. The van der Waals surface area contributed by atoms with Crippen molar-refractivity contribution in [3.8, 4) is 0 Å². The Labute approximate surface area is 126 Å². The zero-order valence-corrected chi connectivity index (χ0v) is 13.9. The van der Waals surface area contributed by atoms with Gasteiger partial charge in [-0.05, 0) is 36.6 Å². The summed E-state index contributed by atoms with van der Waals surface area (Å²) in [5.41, 5.74) is 0.994. The molecule has 1 aromatic carbocycles. The molecule has 0 aliphatic carbocycles. The zero-order chi connectivity index (χ0) is 14.3. The summed E-state index contributed by atoms with van der Waals surface area (Å²) >= 11 is 3.44. The van der Waals surface area contributed by atoms with E-state index in [0.717, 1.165) is 42.0 Å². The molecule has 2 nitrogen and oxygen atoms in total. The topological polar surface area (TPSA) is 23.5 Å². The third-order valence-electron chi connectivity index (χ3n) is 3.67. The third kappa shape index (κ3) is 6.07. The number of benzene rings is 1. The van der Waals surface area contributed by atoms with Gasteiger partial charge in [0.05, 0.1) is 6.10 Å². The summed E-state index contributed by atoms with van der Waals surface area (Å²) in [5, 5.41) is 10.2. The maximum atomic E-state index is 10.2.